The van der Waals surface area contributed by atoms with Crippen molar-refractivity contribution < 1.29 is 9.53 Å². The Morgan fingerprint density at radius 3 is 3.00 bits per heavy atom. The van der Waals surface area contributed by atoms with E-state index in [0.29, 0.717) is 16.2 Å². The fraction of sp³-hybridized carbons (Fsp3) is 0.286. The summed E-state index contributed by atoms with van der Waals surface area (Å²) in [6.07, 6.45) is 1.69. The standard InChI is InChI=1S/C14H15ClN2O2/c1-9(2)19-8-13(18)17-12-7-11(15)6-10-4-3-5-16-14(10)12/h3-7,9H,8H2,1-2H3,(H,17,18). The summed E-state index contributed by atoms with van der Waals surface area (Å²) in [5, 5.41) is 4.21. The van der Waals surface area contributed by atoms with Crippen LogP contribution in [-0.4, -0.2) is 23.6 Å². The number of hydrogen-bond donors (Lipinski definition) is 1. The molecule has 5 heteroatoms. The van der Waals surface area contributed by atoms with E-state index in [4.69, 9.17) is 16.3 Å². The van der Waals surface area contributed by atoms with Gasteiger partial charge in [0.1, 0.15) is 6.61 Å². The molecule has 1 N–H and O–H groups in total. The van der Waals surface area contributed by atoms with Crippen LogP contribution in [0, 0.1) is 0 Å². The van der Waals surface area contributed by atoms with E-state index in [0.717, 1.165) is 5.39 Å². The number of fused-ring (bicyclic) bond motifs is 1. The zero-order valence-corrected chi connectivity index (χ0v) is 11.6. The van der Waals surface area contributed by atoms with E-state index in [2.05, 4.69) is 10.3 Å². The van der Waals surface area contributed by atoms with Crippen LogP contribution in [0.1, 0.15) is 13.8 Å². The number of halogens is 1. The maximum atomic E-state index is 11.8. The van der Waals surface area contributed by atoms with Gasteiger partial charge in [-0.3, -0.25) is 9.78 Å². The topological polar surface area (TPSA) is 51.2 Å². The molecule has 0 atom stereocenters. The average molecular weight is 279 g/mol. The first-order valence-electron chi connectivity index (χ1n) is 6.02. The number of carbonyl (C=O) groups is 1. The smallest absolute Gasteiger partial charge is 0.250 e. The number of benzene rings is 1. The Bertz CT molecular complexity index is 599. The van der Waals surface area contributed by atoms with Gasteiger partial charge >= 0.3 is 0 Å². The Hall–Kier alpha value is -1.65. The van der Waals surface area contributed by atoms with Crippen molar-refractivity contribution in [3.05, 3.63) is 35.5 Å². The lowest BCUT2D eigenvalue weighted by molar-refractivity contribution is -0.121. The SMILES string of the molecule is CC(C)OCC(=O)Nc1cc(Cl)cc2cccnc12. The van der Waals surface area contributed by atoms with Crippen molar-refractivity contribution >= 4 is 34.1 Å². The fourth-order valence-electron chi connectivity index (χ4n) is 1.68. The molecule has 0 aliphatic carbocycles. The van der Waals surface area contributed by atoms with Gasteiger partial charge in [0.25, 0.3) is 0 Å². The van der Waals surface area contributed by atoms with Crippen LogP contribution in [0.5, 0.6) is 0 Å². The van der Waals surface area contributed by atoms with E-state index in [1.807, 2.05) is 32.0 Å². The number of aromatic nitrogens is 1. The molecule has 2 aromatic rings. The molecule has 0 spiro atoms. The van der Waals surface area contributed by atoms with Gasteiger partial charge in [-0.2, -0.15) is 0 Å². The van der Waals surface area contributed by atoms with Crippen molar-refractivity contribution in [3.63, 3.8) is 0 Å². The van der Waals surface area contributed by atoms with Crippen LogP contribution in [-0.2, 0) is 9.53 Å². The van der Waals surface area contributed by atoms with Crippen molar-refractivity contribution in [2.24, 2.45) is 0 Å². The number of nitrogens with zero attached hydrogens (tertiary/aromatic N) is 1. The van der Waals surface area contributed by atoms with E-state index in [9.17, 15) is 4.79 Å². The number of nitrogens with one attached hydrogen (secondary N) is 1. The second kappa shape index (κ2) is 5.99. The number of rotatable bonds is 4. The number of hydrogen-bond acceptors (Lipinski definition) is 3. The maximum absolute atomic E-state index is 11.8. The predicted molar refractivity (Wildman–Crippen MR) is 76.5 cm³/mol. The van der Waals surface area contributed by atoms with Crippen LogP contribution in [0.4, 0.5) is 5.69 Å². The Morgan fingerprint density at radius 2 is 2.26 bits per heavy atom. The summed E-state index contributed by atoms with van der Waals surface area (Å²) in [7, 11) is 0. The summed E-state index contributed by atoms with van der Waals surface area (Å²) in [5.41, 5.74) is 1.31. The Labute approximate surface area is 116 Å². The highest BCUT2D eigenvalue weighted by atomic mass is 35.5. The number of amides is 1. The summed E-state index contributed by atoms with van der Waals surface area (Å²) in [6, 6.07) is 7.22. The third kappa shape index (κ3) is 3.66. The zero-order chi connectivity index (χ0) is 13.8. The number of pyridine rings is 1. The minimum Gasteiger partial charge on any atom is -0.369 e. The van der Waals surface area contributed by atoms with Crippen molar-refractivity contribution in [1.29, 1.82) is 0 Å². The van der Waals surface area contributed by atoms with Crippen LogP contribution in [0.3, 0.4) is 0 Å². The van der Waals surface area contributed by atoms with E-state index in [1.165, 1.54) is 0 Å². The van der Waals surface area contributed by atoms with E-state index in [1.54, 1.807) is 12.3 Å². The summed E-state index contributed by atoms with van der Waals surface area (Å²) in [6.45, 7) is 3.77. The molecule has 0 fully saturated rings. The van der Waals surface area contributed by atoms with Crippen molar-refractivity contribution in [3.8, 4) is 0 Å². The minimum absolute atomic E-state index is 0.0124. The van der Waals surface area contributed by atoms with Gasteiger partial charge in [0, 0.05) is 16.6 Å². The van der Waals surface area contributed by atoms with Gasteiger partial charge < -0.3 is 10.1 Å². The Balaban J connectivity index is 2.22. The molecular weight excluding hydrogens is 264 g/mol. The Kier molecular flexibility index (Phi) is 4.35. The van der Waals surface area contributed by atoms with Crippen LogP contribution in [0.15, 0.2) is 30.5 Å². The summed E-state index contributed by atoms with van der Waals surface area (Å²) >= 11 is 6.02. The first-order valence-corrected chi connectivity index (χ1v) is 6.40. The molecule has 0 radical (unpaired) electrons. The lowest BCUT2D eigenvalue weighted by atomic mass is 10.2. The van der Waals surface area contributed by atoms with Gasteiger partial charge in [-0.1, -0.05) is 17.7 Å². The average Bonchev–Trinajstić information content (AvgIpc) is 2.36. The van der Waals surface area contributed by atoms with E-state index < -0.39 is 0 Å². The van der Waals surface area contributed by atoms with Gasteiger partial charge in [-0.15, -0.1) is 0 Å². The highest BCUT2D eigenvalue weighted by molar-refractivity contribution is 6.32. The number of anilines is 1. The third-order valence-electron chi connectivity index (χ3n) is 2.49. The third-order valence-corrected chi connectivity index (χ3v) is 2.71. The maximum Gasteiger partial charge on any atom is 0.250 e. The molecule has 0 aliphatic rings. The largest absolute Gasteiger partial charge is 0.369 e. The molecule has 1 aromatic heterocycles. The highest BCUT2D eigenvalue weighted by Crippen LogP contribution is 2.26. The van der Waals surface area contributed by atoms with Crippen LogP contribution in [0.2, 0.25) is 5.02 Å². The van der Waals surface area contributed by atoms with Crippen molar-refractivity contribution in [1.82, 2.24) is 4.98 Å². The molecule has 4 nitrogen and oxygen atoms in total. The van der Waals surface area contributed by atoms with Crippen LogP contribution in [0.25, 0.3) is 10.9 Å². The highest BCUT2D eigenvalue weighted by Gasteiger charge is 2.09. The summed E-state index contributed by atoms with van der Waals surface area (Å²) in [4.78, 5) is 16.0. The molecule has 100 valence electrons. The number of ether oxygens (including phenoxy) is 1. The first kappa shape index (κ1) is 13.8. The van der Waals surface area contributed by atoms with Gasteiger partial charge in [0.05, 0.1) is 17.3 Å². The molecule has 2 rings (SSSR count). The predicted octanol–water partition coefficient (Wildman–Crippen LogP) is 3.25. The monoisotopic (exact) mass is 278 g/mol. The van der Waals surface area contributed by atoms with Crippen molar-refractivity contribution in [2.75, 3.05) is 11.9 Å². The first-order chi connectivity index (χ1) is 9.06. The van der Waals surface area contributed by atoms with E-state index in [-0.39, 0.29) is 18.6 Å². The quantitative estimate of drug-likeness (QED) is 0.934. The lowest BCUT2D eigenvalue weighted by Gasteiger charge is -2.10. The molecule has 0 bridgehead atoms. The lowest BCUT2D eigenvalue weighted by Crippen LogP contribution is -2.20. The second-order valence-electron chi connectivity index (χ2n) is 4.44. The Morgan fingerprint density at radius 1 is 1.47 bits per heavy atom. The molecule has 0 saturated carbocycles. The molecule has 1 heterocycles. The molecule has 0 saturated heterocycles. The van der Waals surface area contributed by atoms with Gasteiger partial charge in [-0.05, 0) is 32.0 Å². The van der Waals surface area contributed by atoms with Gasteiger partial charge in [0.15, 0.2) is 0 Å². The fourth-order valence-corrected chi connectivity index (χ4v) is 1.91. The molecule has 1 amide bonds. The zero-order valence-electron chi connectivity index (χ0n) is 10.8. The molecule has 1 aromatic carbocycles. The number of carbonyl (C=O) groups excluding carboxylic acids is 1. The second-order valence-corrected chi connectivity index (χ2v) is 4.87. The molecule has 0 unspecified atom stereocenters. The molecular formula is C14H15ClN2O2. The molecule has 19 heavy (non-hydrogen) atoms. The van der Waals surface area contributed by atoms with Crippen molar-refractivity contribution in [2.45, 2.75) is 20.0 Å². The summed E-state index contributed by atoms with van der Waals surface area (Å²) < 4.78 is 5.25. The normalized spacial score (nSPS) is 10.9. The summed E-state index contributed by atoms with van der Waals surface area (Å²) in [5.74, 6) is -0.220. The van der Waals surface area contributed by atoms with Gasteiger partial charge in [-0.25, -0.2) is 0 Å². The van der Waals surface area contributed by atoms with Crippen LogP contribution >= 0.6 is 11.6 Å². The van der Waals surface area contributed by atoms with Crippen LogP contribution < -0.4 is 5.32 Å². The minimum atomic E-state index is -0.220. The molecule has 0 aliphatic heterocycles. The van der Waals surface area contributed by atoms with Gasteiger partial charge in [0.2, 0.25) is 5.91 Å². The van der Waals surface area contributed by atoms with E-state index >= 15 is 0 Å².